The number of amides is 1. The predicted molar refractivity (Wildman–Crippen MR) is 53.6 cm³/mol. The Kier molecular flexibility index (Phi) is 5.69. The fourth-order valence-corrected chi connectivity index (χ4v) is 1.48. The van der Waals surface area contributed by atoms with Gasteiger partial charge in [-0.3, -0.25) is 14.4 Å². The highest BCUT2D eigenvalue weighted by atomic mass is 31.2. The average molecular weight is 221 g/mol. The Labute approximate surface area is 83.7 Å². The Morgan fingerprint density at radius 1 is 1.64 bits per heavy atom. The van der Waals surface area contributed by atoms with E-state index in [1.807, 2.05) is 12.0 Å². The number of nitrogens with one attached hydrogen (secondary N) is 1. The van der Waals surface area contributed by atoms with E-state index < -0.39 is 13.7 Å². The molecule has 0 saturated heterocycles. The topological polar surface area (TPSA) is 75.6 Å². The molecule has 0 aromatic rings. The normalized spacial score (nSPS) is 14.5. The van der Waals surface area contributed by atoms with Gasteiger partial charge in [0, 0.05) is 5.57 Å². The van der Waals surface area contributed by atoms with E-state index in [1.54, 1.807) is 0 Å². The van der Waals surface area contributed by atoms with Crippen LogP contribution in [-0.2, 0) is 13.9 Å². The number of carbonyl (C=O) groups excluding carboxylic acids is 1. The average Bonchev–Trinajstić information content (AvgIpc) is 2.03. The number of carbonyl (C=O) groups is 1. The van der Waals surface area contributed by atoms with Crippen molar-refractivity contribution < 1.29 is 18.8 Å². The molecule has 14 heavy (non-hydrogen) atoms. The zero-order chi connectivity index (χ0) is 11.2. The Morgan fingerprint density at radius 3 is 2.64 bits per heavy atom. The van der Waals surface area contributed by atoms with Crippen LogP contribution < -0.4 is 5.09 Å². The molecule has 0 saturated carbocycles. The minimum Gasteiger partial charge on any atom is -0.308 e. The van der Waals surface area contributed by atoms with E-state index in [0.717, 1.165) is 6.42 Å². The highest BCUT2D eigenvalue weighted by molar-refractivity contribution is 7.51. The fourth-order valence-electron chi connectivity index (χ4n) is 0.589. The molecule has 0 aliphatic carbocycles. The van der Waals surface area contributed by atoms with Crippen LogP contribution in [0, 0.1) is 0 Å². The largest absolute Gasteiger partial charge is 0.432 e. The van der Waals surface area contributed by atoms with Crippen molar-refractivity contribution in [2.45, 2.75) is 26.7 Å². The minimum absolute atomic E-state index is 0.154. The Bertz CT molecular complexity index is 264. The second kappa shape index (κ2) is 5.96. The summed E-state index contributed by atoms with van der Waals surface area (Å²) in [5.41, 5.74) is 0.165. The van der Waals surface area contributed by atoms with Crippen molar-refractivity contribution in [3.8, 4) is 0 Å². The van der Waals surface area contributed by atoms with Crippen LogP contribution in [-0.4, -0.2) is 17.4 Å². The summed E-state index contributed by atoms with van der Waals surface area (Å²) in [5, 5.41) is 1.87. The molecule has 0 aromatic heterocycles. The summed E-state index contributed by atoms with van der Waals surface area (Å²) in [7, 11) is -3.99. The van der Waals surface area contributed by atoms with Crippen molar-refractivity contribution in [1.82, 2.24) is 5.09 Å². The fraction of sp³-hybridized carbons (Fsp3) is 0.625. The van der Waals surface area contributed by atoms with E-state index in [4.69, 9.17) is 4.89 Å². The second-order valence-electron chi connectivity index (χ2n) is 2.93. The summed E-state index contributed by atoms with van der Waals surface area (Å²) in [5.74, 6) is -0.674. The van der Waals surface area contributed by atoms with Crippen LogP contribution in [0.1, 0.15) is 26.7 Å². The molecule has 0 radical (unpaired) electrons. The third-order valence-corrected chi connectivity index (χ3v) is 2.41. The van der Waals surface area contributed by atoms with Gasteiger partial charge in [0.2, 0.25) is 0 Å². The minimum atomic E-state index is -3.99. The van der Waals surface area contributed by atoms with E-state index in [-0.39, 0.29) is 12.2 Å². The van der Waals surface area contributed by atoms with Crippen LogP contribution in [0.2, 0.25) is 0 Å². The molecule has 0 heterocycles. The summed E-state index contributed by atoms with van der Waals surface area (Å²) < 4.78 is 15.8. The van der Waals surface area contributed by atoms with Crippen LogP contribution in [0.5, 0.6) is 0 Å². The number of hydrogen-bond acceptors (Lipinski definition) is 3. The molecular weight excluding hydrogens is 205 g/mol. The zero-order valence-corrected chi connectivity index (χ0v) is 9.34. The van der Waals surface area contributed by atoms with Gasteiger partial charge in [-0.05, 0) is 13.3 Å². The van der Waals surface area contributed by atoms with Crippen molar-refractivity contribution in [3.05, 3.63) is 12.2 Å². The maximum Gasteiger partial charge on any atom is 0.432 e. The van der Waals surface area contributed by atoms with E-state index in [2.05, 4.69) is 11.1 Å². The van der Waals surface area contributed by atoms with Gasteiger partial charge in [0.05, 0.1) is 6.61 Å². The number of hydrogen-bond donors (Lipinski definition) is 2. The lowest BCUT2D eigenvalue weighted by Gasteiger charge is -2.12. The molecule has 2 N–H and O–H groups in total. The van der Waals surface area contributed by atoms with E-state index >= 15 is 0 Å². The molecule has 1 unspecified atom stereocenters. The predicted octanol–water partition coefficient (Wildman–Crippen LogP) is 1.60. The van der Waals surface area contributed by atoms with Crippen molar-refractivity contribution in [3.63, 3.8) is 0 Å². The third kappa shape index (κ3) is 5.91. The lowest BCUT2D eigenvalue weighted by atomic mass is 10.3. The van der Waals surface area contributed by atoms with Crippen molar-refractivity contribution in [2.75, 3.05) is 6.61 Å². The summed E-state index contributed by atoms with van der Waals surface area (Å²) in [6.45, 7) is 6.86. The van der Waals surface area contributed by atoms with Gasteiger partial charge < -0.3 is 4.89 Å². The van der Waals surface area contributed by atoms with Crippen molar-refractivity contribution in [2.24, 2.45) is 0 Å². The van der Waals surface area contributed by atoms with Gasteiger partial charge in [0.15, 0.2) is 0 Å². The van der Waals surface area contributed by atoms with Gasteiger partial charge >= 0.3 is 7.75 Å². The smallest absolute Gasteiger partial charge is 0.308 e. The zero-order valence-electron chi connectivity index (χ0n) is 8.45. The molecular formula is C8H16NO4P. The molecule has 0 rings (SSSR count). The lowest BCUT2D eigenvalue weighted by molar-refractivity contribution is -0.116. The number of rotatable bonds is 6. The van der Waals surface area contributed by atoms with Gasteiger partial charge in [0.1, 0.15) is 0 Å². The standard InChI is InChI=1S/C8H16NO4P/c1-4-5-6-13-14(11,12)9-8(10)7(2)3/h2,4-6H2,1,3H3,(H2,9,10,11,12). The summed E-state index contributed by atoms with van der Waals surface area (Å²) in [6, 6.07) is 0. The maximum absolute atomic E-state index is 11.2. The summed E-state index contributed by atoms with van der Waals surface area (Å²) in [4.78, 5) is 20.1. The van der Waals surface area contributed by atoms with E-state index in [9.17, 15) is 9.36 Å². The Morgan fingerprint density at radius 2 is 2.21 bits per heavy atom. The Hall–Kier alpha value is -0.640. The molecule has 6 heteroatoms. The quantitative estimate of drug-likeness (QED) is 0.405. The van der Waals surface area contributed by atoms with E-state index in [1.165, 1.54) is 6.92 Å². The SMILES string of the molecule is C=C(C)C(=O)NP(=O)(O)OCCCC. The van der Waals surface area contributed by atoms with Gasteiger partial charge in [0.25, 0.3) is 5.91 Å². The lowest BCUT2D eigenvalue weighted by Crippen LogP contribution is -2.21. The van der Waals surface area contributed by atoms with Crippen LogP contribution in [0.25, 0.3) is 0 Å². The van der Waals surface area contributed by atoms with Gasteiger partial charge in [-0.25, -0.2) is 4.57 Å². The first kappa shape index (κ1) is 13.4. The van der Waals surface area contributed by atoms with Crippen LogP contribution in [0.15, 0.2) is 12.2 Å². The first-order valence-electron chi connectivity index (χ1n) is 4.34. The molecule has 1 atom stereocenters. The first-order chi connectivity index (χ1) is 6.39. The van der Waals surface area contributed by atoms with Gasteiger partial charge in [-0.2, -0.15) is 0 Å². The molecule has 5 nitrogen and oxygen atoms in total. The first-order valence-corrected chi connectivity index (χ1v) is 5.92. The molecule has 0 bridgehead atoms. The highest BCUT2D eigenvalue weighted by Crippen LogP contribution is 2.36. The molecule has 0 aliphatic heterocycles. The third-order valence-electron chi connectivity index (χ3n) is 1.39. The Balaban J connectivity index is 4.01. The van der Waals surface area contributed by atoms with E-state index in [0.29, 0.717) is 6.42 Å². The second-order valence-corrected chi connectivity index (χ2v) is 4.45. The maximum atomic E-state index is 11.2. The van der Waals surface area contributed by atoms with Gasteiger partial charge in [-0.1, -0.05) is 19.9 Å². The highest BCUT2D eigenvalue weighted by Gasteiger charge is 2.22. The van der Waals surface area contributed by atoms with Crippen molar-refractivity contribution in [1.29, 1.82) is 0 Å². The van der Waals surface area contributed by atoms with Crippen LogP contribution >= 0.6 is 7.75 Å². The van der Waals surface area contributed by atoms with Gasteiger partial charge in [-0.15, -0.1) is 0 Å². The molecule has 0 fully saturated rings. The monoisotopic (exact) mass is 221 g/mol. The molecule has 0 aromatic carbocycles. The summed E-state index contributed by atoms with van der Waals surface area (Å²) >= 11 is 0. The molecule has 0 spiro atoms. The number of unbranched alkanes of at least 4 members (excludes halogenated alkanes) is 1. The van der Waals surface area contributed by atoms with Crippen molar-refractivity contribution >= 4 is 13.7 Å². The molecule has 82 valence electrons. The van der Waals surface area contributed by atoms with Crippen LogP contribution in [0.4, 0.5) is 0 Å². The van der Waals surface area contributed by atoms with Crippen LogP contribution in [0.3, 0.4) is 0 Å². The summed E-state index contributed by atoms with van der Waals surface area (Å²) in [6.07, 6.45) is 1.53. The molecule has 0 aliphatic rings. The molecule has 1 amide bonds.